The van der Waals surface area contributed by atoms with Crippen LogP contribution in [0.3, 0.4) is 0 Å². The van der Waals surface area contributed by atoms with E-state index in [-0.39, 0.29) is 17.9 Å². The van der Waals surface area contributed by atoms with Gasteiger partial charge in [0.05, 0.1) is 6.07 Å². The fraction of sp³-hybridized carbons (Fsp3) is 0.833. The topological polar surface area (TPSA) is 108 Å². The minimum Gasteiger partial charge on any atom is -0.444 e. The molecule has 0 aromatic heterocycles. The number of carbonyl (C=O) groups excluding carboxylic acids is 2. The Bertz CT molecular complexity index is 529. The molecule has 25 heavy (non-hydrogen) atoms. The van der Waals surface area contributed by atoms with Crippen molar-refractivity contribution in [2.75, 3.05) is 6.54 Å². The molecule has 2 amide bonds. The number of hydrogen-bond donors (Lipinski definition) is 2. The van der Waals surface area contributed by atoms with Crippen LogP contribution in [-0.4, -0.2) is 47.2 Å². The van der Waals surface area contributed by atoms with Crippen LogP contribution in [0, 0.1) is 17.2 Å². The van der Waals surface area contributed by atoms with Crippen LogP contribution in [0.4, 0.5) is 4.79 Å². The van der Waals surface area contributed by atoms with Gasteiger partial charge in [-0.25, -0.2) is 4.79 Å². The summed E-state index contributed by atoms with van der Waals surface area (Å²) < 4.78 is 5.34. The third-order valence-corrected chi connectivity index (χ3v) is 4.91. The zero-order chi connectivity index (χ0) is 18.6. The third kappa shape index (κ3) is 5.33. The largest absolute Gasteiger partial charge is 0.444 e. The average Bonchev–Trinajstić information content (AvgIpc) is 3.00. The fourth-order valence-corrected chi connectivity index (χ4v) is 3.64. The summed E-state index contributed by atoms with van der Waals surface area (Å²) in [7, 11) is 0. The SMILES string of the molecule is CC(C)(C)OC(=O)N[C@H](C(=O)N1CCC[C@H]1C#N)C1CCC(N)CC1. The second-order valence-corrected chi connectivity index (χ2v) is 8.12. The van der Waals surface area contributed by atoms with Gasteiger partial charge in [0.15, 0.2) is 0 Å². The molecular formula is C18H30N4O3. The minimum absolute atomic E-state index is 0.0276. The Morgan fingerprint density at radius 3 is 2.44 bits per heavy atom. The van der Waals surface area contributed by atoms with Crippen LogP contribution in [-0.2, 0) is 9.53 Å². The number of nitrogens with zero attached hydrogens (tertiary/aromatic N) is 2. The molecule has 140 valence electrons. The van der Waals surface area contributed by atoms with Gasteiger partial charge in [-0.1, -0.05) is 0 Å². The molecule has 0 radical (unpaired) electrons. The molecule has 1 heterocycles. The number of ether oxygens (including phenoxy) is 1. The minimum atomic E-state index is -0.656. The summed E-state index contributed by atoms with van der Waals surface area (Å²) in [5.41, 5.74) is 5.34. The first-order valence-corrected chi connectivity index (χ1v) is 9.16. The summed E-state index contributed by atoms with van der Waals surface area (Å²) >= 11 is 0. The first kappa shape index (κ1) is 19.5. The summed E-state index contributed by atoms with van der Waals surface area (Å²) in [6, 6.07) is 1.29. The number of nitrogens with two attached hydrogens (primary N) is 1. The molecular weight excluding hydrogens is 320 g/mol. The summed E-state index contributed by atoms with van der Waals surface area (Å²) in [4.78, 5) is 26.9. The lowest BCUT2D eigenvalue weighted by Crippen LogP contribution is -2.55. The maximum Gasteiger partial charge on any atom is 0.408 e. The van der Waals surface area contributed by atoms with E-state index in [4.69, 9.17) is 10.5 Å². The van der Waals surface area contributed by atoms with Gasteiger partial charge >= 0.3 is 6.09 Å². The highest BCUT2D eigenvalue weighted by atomic mass is 16.6. The van der Waals surface area contributed by atoms with E-state index in [9.17, 15) is 14.9 Å². The zero-order valence-electron chi connectivity index (χ0n) is 15.5. The van der Waals surface area contributed by atoms with Gasteiger partial charge < -0.3 is 20.7 Å². The van der Waals surface area contributed by atoms with E-state index >= 15 is 0 Å². The monoisotopic (exact) mass is 350 g/mol. The maximum atomic E-state index is 13.1. The molecule has 1 saturated carbocycles. The molecule has 2 rings (SSSR count). The Morgan fingerprint density at radius 1 is 1.24 bits per heavy atom. The second kappa shape index (κ2) is 8.05. The van der Waals surface area contributed by atoms with Gasteiger partial charge in [0.2, 0.25) is 5.91 Å². The first-order valence-electron chi connectivity index (χ1n) is 9.16. The fourth-order valence-electron chi connectivity index (χ4n) is 3.64. The highest BCUT2D eigenvalue weighted by Crippen LogP contribution is 2.29. The van der Waals surface area contributed by atoms with E-state index in [0.717, 1.165) is 32.1 Å². The van der Waals surface area contributed by atoms with Crippen molar-refractivity contribution in [1.29, 1.82) is 5.26 Å². The lowest BCUT2D eigenvalue weighted by atomic mass is 9.81. The summed E-state index contributed by atoms with van der Waals surface area (Å²) in [6.45, 7) is 5.93. The Labute approximate surface area is 149 Å². The zero-order valence-corrected chi connectivity index (χ0v) is 15.5. The van der Waals surface area contributed by atoms with E-state index in [1.54, 1.807) is 25.7 Å². The molecule has 0 aromatic carbocycles. The van der Waals surface area contributed by atoms with Gasteiger partial charge in [0.1, 0.15) is 17.7 Å². The molecule has 0 spiro atoms. The molecule has 1 aliphatic carbocycles. The van der Waals surface area contributed by atoms with E-state index in [1.807, 2.05) is 0 Å². The summed E-state index contributed by atoms with van der Waals surface area (Å²) in [5, 5.41) is 12.1. The molecule has 1 aliphatic heterocycles. The molecule has 2 atom stereocenters. The van der Waals surface area contributed by atoms with Crippen molar-refractivity contribution in [1.82, 2.24) is 10.2 Å². The highest BCUT2D eigenvalue weighted by molar-refractivity contribution is 5.86. The van der Waals surface area contributed by atoms with E-state index in [0.29, 0.717) is 13.0 Å². The Hall–Kier alpha value is -1.81. The van der Waals surface area contributed by atoms with Crippen molar-refractivity contribution >= 4 is 12.0 Å². The molecule has 7 heteroatoms. The molecule has 3 N–H and O–H groups in total. The van der Waals surface area contributed by atoms with Crippen molar-refractivity contribution in [2.24, 2.45) is 11.7 Å². The molecule has 1 saturated heterocycles. The van der Waals surface area contributed by atoms with E-state index < -0.39 is 23.8 Å². The highest BCUT2D eigenvalue weighted by Gasteiger charge is 2.39. The van der Waals surface area contributed by atoms with Crippen molar-refractivity contribution < 1.29 is 14.3 Å². The molecule has 0 unspecified atom stereocenters. The van der Waals surface area contributed by atoms with E-state index in [2.05, 4.69) is 11.4 Å². The average molecular weight is 350 g/mol. The quantitative estimate of drug-likeness (QED) is 0.808. The maximum absolute atomic E-state index is 13.1. The van der Waals surface area contributed by atoms with Crippen molar-refractivity contribution in [3.05, 3.63) is 0 Å². The number of alkyl carbamates (subject to hydrolysis) is 1. The van der Waals surface area contributed by atoms with Gasteiger partial charge in [0.25, 0.3) is 0 Å². The van der Waals surface area contributed by atoms with Gasteiger partial charge in [-0.05, 0) is 65.2 Å². The smallest absolute Gasteiger partial charge is 0.408 e. The lowest BCUT2D eigenvalue weighted by Gasteiger charge is -2.35. The Kier molecular flexibility index (Phi) is 6.28. The Balaban J connectivity index is 2.12. The van der Waals surface area contributed by atoms with Gasteiger partial charge in [-0.15, -0.1) is 0 Å². The molecule has 0 bridgehead atoms. The number of hydrogen-bond acceptors (Lipinski definition) is 5. The normalized spacial score (nSPS) is 28.1. The number of likely N-dealkylation sites (tertiary alicyclic amines) is 1. The number of nitriles is 1. The third-order valence-electron chi connectivity index (χ3n) is 4.91. The number of carbonyl (C=O) groups is 2. The number of nitrogens with one attached hydrogen (secondary N) is 1. The summed E-state index contributed by atoms with van der Waals surface area (Å²) in [5.74, 6) is -0.143. The standard InChI is InChI=1S/C18H30N4O3/c1-18(2,3)25-17(24)21-15(12-6-8-13(20)9-7-12)16(23)22-10-4-5-14(22)11-19/h12-15H,4-10,20H2,1-3H3,(H,21,24)/t12?,13?,14-,15-/m0/s1. The first-order chi connectivity index (χ1) is 11.7. The van der Waals surface area contributed by atoms with Crippen molar-refractivity contribution in [3.63, 3.8) is 0 Å². The predicted octanol–water partition coefficient (Wildman–Crippen LogP) is 1.91. The lowest BCUT2D eigenvalue weighted by molar-refractivity contribution is -0.135. The molecule has 0 aromatic rings. The van der Waals surface area contributed by atoms with Crippen LogP contribution in [0.25, 0.3) is 0 Å². The van der Waals surface area contributed by atoms with Crippen LogP contribution in [0.1, 0.15) is 59.3 Å². The van der Waals surface area contributed by atoms with Crippen molar-refractivity contribution in [2.45, 2.75) is 83.0 Å². The van der Waals surface area contributed by atoms with Crippen LogP contribution in [0.2, 0.25) is 0 Å². The second-order valence-electron chi connectivity index (χ2n) is 8.12. The summed E-state index contributed by atoms with van der Waals surface area (Å²) in [6.07, 6.45) is 4.18. The Morgan fingerprint density at radius 2 is 1.88 bits per heavy atom. The van der Waals surface area contributed by atoms with E-state index in [1.165, 1.54) is 0 Å². The number of amides is 2. The molecule has 2 fully saturated rings. The predicted molar refractivity (Wildman–Crippen MR) is 93.4 cm³/mol. The van der Waals surface area contributed by atoms with Gasteiger partial charge in [-0.2, -0.15) is 5.26 Å². The van der Waals surface area contributed by atoms with Crippen LogP contribution < -0.4 is 11.1 Å². The van der Waals surface area contributed by atoms with Crippen LogP contribution in [0.5, 0.6) is 0 Å². The van der Waals surface area contributed by atoms with Crippen LogP contribution in [0.15, 0.2) is 0 Å². The van der Waals surface area contributed by atoms with Crippen LogP contribution >= 0.6 is 0 Å². The van der Waals surface area contributed by atoms with Crippen molar-refractivity contribution in [3.8, 4) is 6.07 Å². The van der Waals surface area contributed by atoms with Gasteiger partial charge in [-0.3, -0.25) is 4.79 Å². The molecule has 7 nitrogen and oxygen atoms in total. The number of rotatable bonds is 3. The molecule has 2 aliphatic rings. The van der Waals surface area contributed by atoms with Gasteiger partial charge in [0, 0.05) is 12.6 Å².